The van der Waals surface area contributed by atoms with Crippen molar-refractivity contribution in [2.24, 2.45) is 0 Å². The van der Waals surface area contributed by atoms with Gasteiger partial charge >= 0.3 is 5.97 Å². The van der Waals surface area contributed by atoms with Gasteiger partial charge in [0.1, 0.15) is 0 Å². The predicted molar refractivity (Wildman–Crippen MR) is 96.8 cm³/mol. The number of allylic oxidation sites excluding steroid dienone is 1. The Morgan fingerprint density at radius 3 is 2.45 bits per heavy atom. The molecule has 0 unspecified atom stereocenters. The molecule has 0 aliphatic rings. The van der Waals surface area contributed by atoms with E-state index in [1.165, 1.54) is 63.1 Å². The molecule has 0 radical (unpaired) electrons. The number of aliphatic carboxylic acids is 1. The van der Waals surface area contributed by atoms with Gasteiger partial charge in [0.15, 0.2) is 0 Å². The molecule has 0 aliphatic heterocycles. The fourth-order valence-electron chi connectivity index (χ4n) is 2.10. The van der Waals surface area contributed by atoms with Crippen LogP contribution in [0.5, 0.6) is 0 Å². The summed E-state index contributed by atoms with van der Waals surface area (Å²) < 4.78 is 5.55. The first-order chi connectivity index (χ1) is 10.8. The number of thioether (sulfide) groups is 1. The third-order valence-corrected chi connectivity index (χ3v) is 4.40. The summed E-state index contributed by atoms with van der Waals surface area (Å²) in [4.78, 5) is 10.3. The topological polar surface area (TPSA) is 46.5 Å². The highest BCUT2D eigenvalue weighted by molar-refractivity contribution is 7.99. The van der Waals surface area contributed by atoms with Gasteiger partial charge in [0.2, 0.25) is 0 Å². The number of hydrogen-bond acceptors (Lipinski definition) is 3. The molecule has 3 nitrogen and oxygen atoms in total. The van der Waals surface area contributed by atoms with Crippen LogP contribution in [0.1, 0.15) is 71.1 Å². The molecule has 0 aromatic carbocycles. The normalized spacial score (nSPS) is 11.3. The summed E-state index contributed by atoms with van der Waals surface area (Å²) in [6.07, 6.45) is 16.6. The van der Waals surface area contributed by atoms with Crippen LogP contribution in [-0.4, -0.2) is 35.8 Å². The molecule has 0 aromatic heterocycles. The summed E-state index contributed by atoms with van der Waals surface area (Å²) in [5, 5.41) is 8.50. The number of carboxylic acid groups (broad SMARTS) is 1. The SMILES string of the molecule is CCCCCOCCC=CCCCCCCCSCC(=O)O. The monoisotopic (exact) mass is 330 g/mol. The smallest absolute Gasteiger partial charge is 0.313 e. The number of rotatable bonds is 17. The van der Waals surface area contributed by atoms with Gasteiger partial charge in [-0.05, 0) is 37.9 Å². The molecule has 0 saturated carbocycles. The maximum Gasteiger partial charge on any atom is 0.313 e. The molecule has 0 atom stereocenters. The molecule has 22 heavy (non-hydrogen) atoms. The summed E-state index contributed by atoms with van der Waals surface area (Å²) in [6.45, 7) is 3.97. The molecule has 130 valence electrons. The first-order valence-electron chi connectivity index (χ1n) is 8.79. The lowest BCUT2D eigenvalue weighted by Gasteiger charge is -2.01. The molecule has 0 aromatic rings. The summed E-state index contributed by atoms with van der Waals surface area (Å²) >= 11 is 1.52. The van der Waals surface area contributed by atoms with Gasteiger partial charge in [-0.2, -0.15) is 11.8 Å². The Kier molecular flexibility index (Phi) is 18.2. The first-order valence-corrected chi connectivity index (χ1v) is 9.95. The van der Waals surface area contributed by atoms with Crippen molar-refractivity contribution < 1.29 is 14.6 Å². The minimum atomic E-state index is -0.705. The maximum absolute atomic E-state index is 10.3. The van der Waals surface area contributed by atoms with Crippen LogP contribution in [0.3, 0.4) is 0 Å². The largest absolute Gasteiger partial charge is 0.481 e. The molecule has 4 heteroatoms. The van der Waals surface area contributed by atoms with E-state index in [1.807, 2.05) is 0 Å². The second-order valence-electron chi connectivity index (χ2n) is 5.58. The lowest BCUT2D eigenvalue weighted by Crippen LogP contribution is -1.98. The van der Waals surface area contributed by atoms with E-state index in [0.717, 1.165) is 31.8 Å². The standard InChI is InChI=1S/C18H34O3S/c1-2-3-11-14-21-15-12-9-7-5-4-6-8-10-13-16-22-17-18(19)20/h7,9H,2-6,8,10-17H2,1H3,(H,19,20). The molecule has 0 bridgehead atoms. The highest BCUT2D eigenvalue weighted by Crippen LogP contribution is 2.10. The fourth-order valence-corrected chi connectivity index (χ4v) is 2.83. The van der Waals surface area contributed by atoms with Crippen molar-refractivity contribution in [2.45, 2.75) is 71.1 Å². The van der Waals surface area contributed by atoms with Gasteiger partial charge in [-0.15, -0.1) is 0 Å². The van der Waals surface area contributed by atoms with E-state index >= 15 is 0 Å². The molecule has 0 aliphatic carbocycles. The van der Waals surface area contributed by atoms with Crippen LogP contribution in [-0.2, 0) is 9.53 Å². The molecular formula is C18H34O3S. The Morgan fingerprint density at radius 2 is 1.68 bits per heavy atom. The van der Waals surface area contributed by atoms with Crippen molar-refractivity contribution in [1.29, 1.82) is 0 Å². The third-order valence-electron chi connectivity index (χ3n) is 3.37. The van der Waals surface area contributed by atoms with Crippen LogP contribution in [0, 0.1) is 0 Å². The number of carboxylic acids is 1. The van der Waals surface area contributed by atoms with Crippen molar-refractivity contribution in [2.75, 3.05) is 24.7 Å². The van der Waals surface area contributed by atoms with Crippen molar-refractivity contribution in [3.05, 3.63) is 12.2 Å². The fraction of sp³-hybridized carbons (Fsp3) is 0.833. The Labute approximate surface area is 140 Å². The van der Waals surface area contributed by atoms with E-state index in [-0.39, 0.29) is 5.75 Å². The Balaban J connectivity index is 3.06. The van der Waals surface area contributed by atoms with Gasteiger partial charge in [-0.25, -0.2) is 0 Å². The van der Waals surface area contributed by atoms with Gasteiger partial charge < -0.3 is 9.84 Å². The highest BCUT2D eigenvalue weighted by Gasteiger charge is 1.96. The molecule has 1 N–H and O–H groups in total. The van der Waals surface area contributed by atoms with Crippen LogP contribution >= 0.6 is 11.8 Å². The average Bonchev–Trinajstić information content (AvgIpc) is 2.50. The van der Waals surface area contributed by atoms with E-state index in [1.54, 1.807) is 0 Å². The van der Waals surface area contributed by atoms with Crippen LogP contribution in [0.25, 0.3) is 0 Å². The first kappa shape index (κ1) is 21.5. The summed E-state index contributed by atoms with van der Waals surface area (Å²) in [5.41, 5.74) is 0. The molecule has 0 amide bonds. The lowest BCUT2D eigenvalue weighted by atomic mass is 10.1. The minimum absolute atomic E-state index is 0.243. The third kappa shape index (κ3) is 19.5. The van der Waals surface area contributed by atoms with E-state index in [2.05, 4.69) is 19.1 Å². The molecule has 0 spiro atoms. The second-order valence-corrected chi connectivity index (χ2v) is 6.69. The predicted octanol–water partition coefficient (Wildman–Crippen LogP) is 5.30. The molecule has 0 heterocycles. The maximum atomic E-state index is 10.3. The summed E-state index contributed by atoms with van der Waals surface area (Å²) in [7, 11) is 0. The van der Waals surface area contributed by atoms with Gasteiger partial charge in [0.05, 0.1) is 12.4 Å². The van der Waals surface area contributed by atoms with Crippen LogP contribution in [0.2, 0.25) is 0 Å². The van der Waals surface area contributed by atoms with Crippen molar-refractivity contribution in [1.82, 2.24) is 0 Å². The quantitative estimate of drug-likeness (QED) is 0.290. The van der Waals surface area contributed by atoms with Crippen molar-refractivity contribution >= 4 is 17.7 Å². The summed E-state index contributed by atoms with van der Waals surface area (Å²) in [6, 6.07) is 0. The lowest BCUT2D eigenvalue weighted by molar-refractivity contribution is -0.133. The average molecular weight is 331 g/mol. The highest BCUT2D eigenvalue weighted by atomic mass is 32.2. The number of carbonyl (C=O) groups is 1. The Morgan fingerprint density at radius 1 is 0.955 bits per heavy atom. The Bertz CT molecular complexity index is 267. The van der Waals surface area contributed by atoms with E-state index in [0.29, 0.717) is 0 Å². The van der Waals surface area contributed by atoms with E-state index < -0.39 is 5.97 Å². The van der Waals surface area contributed by atoms with E-state index in [9.17, 15) is 4.79 Å². The Hall–Kier alpha value is -0.480. The zero-order chi connectivity index (χ0) is 16.3. The number of ether oxygens (including phenoxy) is 1. The number of unbranched alkanes of at least 4 members (excludes halogenated alkanes) is 7. The zero-order valence-electron chi connectivity index (χ0n) is 14.2. The summed E-state index contributed by atoms with van der Waals surface area (Å²) in [5.74, 6) is 0.514. The van der Waals surface area contributed by atoms with Crippen LogP contribution < -0.4 is 0 Å². The molecule has 0 saturated heterocycles. The van der Waals surface area contributed by atoms with Gasteiger partial charge in [-0.3, -0.25) is 4.79 Å². The van der Waals surface area contributed by atoms with Crippen molar-refractivity contribution in [3.63, 3.8) is 0 Å². The van der Waals surface area contributed by atoms with Crippen LogP contribution in [0.15, 0.2) is 12.2 Å². The molecule has 0 fully saturated rings. The van der Waals surface area contributed by atoms with Gasteiger partial charge in [0.25, 0.3) is 0 Å². The zero-order valence-corrected chi connectivity index (χ0v) is 15.0. The minimum Gasteiger partial charge on any atom is -0.481 e. The second kappa shape index (κ2) is 18.6. The van der Waals surface area contributed by atoms with Crippen LogP contribution in [0.4, 0.5) is 0 Å². The molecular weight excluding hydrogens is 296 g/mol. The van der Waals surface area contributed by atoms with E-state index in [4.69, 9.17) is 9.84 Å². The van der Waals surface area contributed by atoms with Gasteiger partial charge in [0, 0.05) is 6.61 Å². The number of hydrogen-bond donors (Lipinski definition) is 1. The van der Waals surface area contributed by atoms with Crippen molar-refractivity contribution in [3.8, 4) is 0 Å². The van der Waals surface area contributed by atoms with Gasteiger partial charge in [-0.1, -0.05) is 51.2 Å². The molecule has 0 rings (SSSR count).